The van der Waals surface area contributed by atoms with Crippen molar-refractivity contribution in [2.45, 2.75) is 27.7 Å². The minimum atomic E-state index is -0.158. The van der Waals surface area contributed by atoms with Gasteiger partial charge < -0.3 is 19.2 Å². The second-order valence-corrected chi connectivity index (χ2v) is 7.36. The molecular formula is C25H29NO4. The Kier molecular flexibility index (Phi) is 6.95. The summed E-state index contributed by atoms with van der Waals surface area (Å²) in [5, 5.41) is 3.81. The van der Waals surface area contributed by atoms with Gasteiger partial charge in [0.1, 0.15) is 11.3 Å². The Balaban J connectivity index is 2.06. The Morgan fingerprint density at radius 2 is 1.97 bits per heavy atom. The van der Waals surface area contributed by atoms with Crippen molar-refractivity contribution in [3.8, 4) is 16.9 Å². The van der Waals surface area contributed by atoms with Crippen LogP contribution in [0.15, 0.2) is 47.1 Å². The first-order valence-corrected chi connectivity index (χ1v) is 10.2. The zero-order chi connectivity index (χ0) is 21.7. The van der Waals surface area contributed by atoms with Gasteiger partial charge in [0.05, 0.1) is 19.5 Å². The molecule has 0 bridgehead atoms. The second-order valence-electron chi connectivity index (χ2n) is 7.36. The van der Waals surface area contributed by atoms with Crippen LogP contribution >= 0.6 is 0 Å². The molecule has 0 aliphatic heterocycles. The van der Waals surface area contributed by atoms with E-state index >= 15 is 0 Å². The van der Waals surface area contributed by atoms with Crippen LogP contribution in [0.25, 0.3) is 27.7 Å². The Hall–Kier alpha value is -3.05. The molecule has 5 heteroatoms. The van der Waals surface area contributed by atoms with Crippen LogP contribution in [-0.2, 0) is 9.53 Å². The predicted octanol–water partition coefficient (Wildman–Crippen LogP) is 5.28. The third kappa shape index (κ3) is 4.74. The summed E-state index contributed by atoms with van der Waals surface area (Å²) in [5.74, 6) is 0.541. The Morgan fingerprint density at radius 3 is 2.67 bits per heavy atom. The summed E-state index contributed by atoms with van der Waals surface area (Å²) in [6.45, 7) is 9.51. The highest BCUT2D eigenvalue weighted by atomic mass is 16.5. The summed E-state index contributed by atoms with van der Waals surface area (Å²) in [7, 11) is 1.61. The van der Waals surface area contributed by atoms with Gasteiger partial charge in [0.2, 0.25) is 5.91 Å². The smallest absolute Gasteiger partial charge is 0.244 e. The zero-order valence-corrected chi connectivity index (χ0v) is 18.3. The molecule has 0 spiro atoms. The van der Waals surface area contributed by atoms with Gasteiger partial charge in [-0.25, -0.2) is 0 Å². The van der Waals surface area contributed by atoms with Crippen LogP contribution in [0.5, 0.6) is 5.75 Å². The van der Waals surface area contributed by atoms with E-state index in [1.165, 1.54) is 11.1 Å². The third-order valence-corrected chi connectivity index (χ3v) is 5.03. The second kappa shape index (κ2) is 9.63. The van der Waals surface area contributed by atoms with E-state index in [9.17, 15) is 4.79 Å². The van der Waals surface area contributed by atoms with Gasteiger partial charge in [-0.3, -0.25) is 4.79 Å². The number of methoxy groups -OCH3 is 1. The summed E-state index contributed by atoms with van der Waals surface area (Å²) in [6, 6.07) is 10.3. The number of aryl methyl sites for hydroxylation is 2. The molecule has 1 N–H and O–H groups in total. The summed E-state index contributed by atoms with van der Waals surface area (Å²) in [5.41, 5.74) is 7.04. The van der Waals surface area contributed by atoms with E-state index in [4.69, 9.17) is 13.9 Å². The molecule has 0 aliphatic carbocycles. The van der Waals surface area contributed by atoms with Gasteiger partial charge in [-0.15, -0.1) is 0 Å². The molecule has 0 unspecified atom stereocenters. The average Bonchev–Trinajstić information content (AvgIpc) is 3.10. The van der Waals surface area contributed by atoms with Gasteiger partial charge in [-0.05, 0) is 50.5 Å². The van der Waals surface area contributed by atoms with Crippen molar-refractivity contribution in [2.75, 3.05) is 26.9 Å². The topological polar surface area (TPSA) is 60.7 Å². The summed E-state index contributed by atoms with van der Waals surface area (Å²) in [6.07, 6.45) is 3.38. The van der Waals surface area contributed by atoms with Gasteiger partial charge >= 0.3 is 0 Å². The maximum Gasteiger partial charge on any atom is 0.244 e. The lowest BCUT2D eigenvalue weighted by atomic mass is 9.96. The maximum absolute atomic E-state index is 12.2. The van der Waals surface area contributed by atoms with E-state index in [0.29, 0.717) is 25.5 Å². The number of amides is 1. The van der Waals surface area contributed by atoms with Crippen LogP contribution in [-0.4, -0.2) is 32.8 Å². The molecule has 2 aromatic carbocycles. The molecule has 5 nitrogen and oxygen atoms in total. The molecule has 3 aromatic rings. The van der Waals surface area contributed by atoms with Crippen molar-refractivity contribution in [2.24, 2.45) is 0 Å². The summed E-state index contributed by atoms with van der Waals surface area (Å²) in [4.78, 5) is 12.2. The first kappa shape index (κ1) is 21.7. The lowest BCUT2D eigenvalue weighted by molar-refractivity contribution is -0.116. The fourth-order valence-electron chi connectivity index (χ4n) is 3.56. The molecule has 3 rings (SSSR count). The SMILES string of the molecule is CCOc1cc2occ(-c3ccc(C)cc3C)c2cc1/C(C)=C/C(=O)NCCOC. The van der Waals surface area contributed by atoms with Gasteiger partial charge in [-0.1, -0.05) is 23.8 Å². The van der Waals surface area contributed by atoms with Crippen LogP contribution < -0.4 is 10.1 Å². The Labute approximate surface area is 177 Å². The molecule has 0 radical (unpaired) electrons. The van der Waals surface area contributed by atoms with Crippen molar-refractivity contribution in [1.82, 2.24) is 5.32 Å². The number of nitrogens with one attached hydrogen (secondary N) is 1. The molecule has 1 amide bonds. The standard InChI is InChI=1S/C25H29NO4/c1-6-29-23-14-24-21(13-20(23)18(4)12-25(27)26-9-10-28-5)22(15-30-24)19-8-7-16(2)11-17(19)3/h7-8,11-15H,6,9-10H2,1-5H3,(H,26,27)/b18-12+. The molecule has 158 valence electrons. The predicted molar refractivity (Wildman–Crippen MR) is 121 cm³/mol. The van der Waals surface area contributed by atoms with E-state index in [-0.39, 0.29) is 5.91 Å². The summed E-state index contributed by atoms with van der Waals surface area (Å²) < 4.78 is 16.7. The third-order valence-electron chi connectivity index (χ3n) is 5.03. The number of carbonyl (C=O) groups is 1. The highest BCUT2D eigenvalue weighted by Gasteiger charge is 2.16. The maximum atomic E-state index is 12.2. The van der Waals surface area contributed by atoms with Crippen molar-refractivity contribution >= 4 is 22.4 Å². The first-order valence-electron chi connectivity index (χ1n) is 10.2. The van der Waals surface area contributed by atoms with Gasteiger partial charge in [0.15, 0.2) is 0 Å². The molecule has 1 aromatic heterocycles. The molecule has 1 heterocycles. The number of hydrogen-bond acceptors (Lipinski definition) is 4. The molecule has 0 atom stereocenters. The zero-order valence-electron chi connectivity index (χ0n) is 18.3. The van der Waals surface area contributed by atoms with Gasteiger partial charge in [0.25, 0.3) is 0 Å². The lowest BCUT2D eigenvalue weighted by Crippen LogP contribution is -2.25. The molecule has 0 aliphatic rings. The van der Waals surface area contributed by atoms with E-state index in [0.717, 1.165) is 33.2 Å². The van der Waals surface area contributed by atoms with Crippen molar-refractivity contribution in [1.29, 1.82) is 0 Å². The van der Waals surface area contributed by atoms with E-state index in [2.05, 4.69) is 37.4 Å². The van der Waals surface area contributed by atoms with Gasteiger partial charge in [0, 0.05) is 42.3 Å². The number of rotatable bonds is 8. The highest BCUT2D eigenvalue weighted by Crippen LogP contribution is 2.38. The van der Waals surface area contributed by atoms with Crippen LogP contribution in [0, 0.1) is 13.8 Å². The van der Waals surface area contributed by atoms with Crippen molar-refractivity contribution in [3.63, 3.8) is 0 Å². The highest BCUT2D eigenvalue weighted by molar-refractivity contribution is 6.00. The van der Waals surface area contributed by atoms with Crippen LogP contribution in [0.3, 0.4) is 0 Å². The normalized spacial score (nSPS) is 11.7. The fraction of sp³-hybridized carbons (Fsp3) is 0.320. The largest absolute Gasteiger partial charge is 0.493 e. The minimum Gasteiger partial charge on any atom is -0.493 e. The molecular weight excluding hydrogens is 378 g/mol. The number of fused-ring (bicyclic) bond motifs is 1. The molecule has 30 heavy (non-hydrogen) atoms. The molecule has 0 saturated carbocycles. The van der Waals surface area contributed by atoms with E-state index < -0.39 is 0 Å². The Bertz CT molecular complexity index is 1080. The lowest BCUT2D eigenvalue weighted by Gasteiger charge is -2.12. The van der Waals surface area contributed by atoms with E-state index in [1.807, 2.05) is 26.0 Å². The summed E-state index contributed by atoms with van der Waals surface area (Å²) >= 11 is 0. The molecule has 0 fully saturated rings. The number of benzene rings is 2. The van der Waals surface area contributed by atoms with Crippen LogP contribution in [0.1, 0.15) is 30.5 Å². The van der Waals surface area contributed by atoms with Crippen LogP contribution in [0.4, 0.5) is 0 Å². The monoisotopic (exact) mass is 407 g/mol. The first-order chi connectivity index (χ1) is 14.4. The van der Waals surface area contributed by atoms with Crippen LogP contribution in [0.2, 0.25) is 0 Å². The number of allylic oxidation sites excluding steroid dienone is 1. The van der Waals surface area contributed by atoms with Crippen molar-refractivity contribution < 1.29 is 18.7 Å². The number of hydrogen-bond donors (Lipinski definition) is 1. The Morgan fingerprint density at radius 1 is 1.17 bits per heavy atom. The number of ether oxygens (including phenoxy) is 2. The quantitative estimate of drug-likeness (QED) is 0.408. The number of furan rings is 1. The minimum absolute atomic E-state index is 0.158. The van der Waals surface area contributed by atoms with E-state index in [1.54, 1.807) is 19.4 Å². The number of carbonyl (C=O) groups excluding carboxylic acids is 1. The van der Waals surface area contributed by atoms with Crippen molar-refractivity contribution in [3.05, 3.63) is 59.4 Å². The fourth-order valence-corrected chi connectivity index (χ4v) is 3.56. The molecule has 0 saturated heterocycles. The van der Waals surface area contributed by atoms with Gasteiger partial charge in [-0.2, -0.15) is 0 Å². The average molecular weight is 408 g/mol.